The van der Waals surface area contributed by atoms with Crippen LogP contribution in [0.5, 0.6) is 57.5 Å². The summed E-state index contributed by atoms with van der Waals surface area (Å²) >= 11 is 0. The van der Waals surface area contributed by atoms with Gasteiger partial charge in [0.25, 0.3) is 5.78 Å². The van der Waals surface area contributed by atoms with Crippen LogP contribution in [0.15, 0.2) is 69.9 Å². The predicted octanol–water partition coefficient (Wildman–Crippen LogP) is 9.99. The number of esters is 7. The lowest BCUT2D eigenvalue weighted by Crippen LogP contribution is -2.70. The number of hydrogen-bond donors (Lipinski definition) is 1. The molecule has 5 aromatic rings. The first-order valence-electron chi connectivity index (χ1n) is 26.3. The molecule has 1 aromatic heterocycles. The van der Waals surface area contributed by atoms with E-state index in [-0.39, 0.29) is 102 Å². The predicted molar refractivity (Wildman–Crippen MR) is 277 cm³/mol. The molecule has 0 aliphatic carbocycles. The van der Waals surface area contributed by atoms with E-state index < -0.39 is 98.9 Å². The summed E-state index contributed by atoms with van der Waals surface area (Å²) < 4.78 is 65.4. The van der Waals surface area contributed by atoms with Crippen LogP contribution < -0.4 is 52.8 Å². The Hall–Kier alpha value is -8.59. The van der Waals surface area contributed by atoms with E-state index in [9.17, 15) is 43.5 Å². The summed E-state index contributed by atoms with van der Waals surface area (Å²) in [5.74, 6) is -16.9. The average molecular weight is 1090 g/mol. The van der Waals surface area contributed by atoms with Gasteiger partial charge in [-0.2, -0.15) is 0 Å². The van der Waals surface area contributed by atoms with Crippen LogP contribution in [0.25, 0.3) is 22.3 Å². The molecule has 0 radical (unpaired) electrons. The van der Waals surface area contributed by atoms with E-state index in [2.05, 4.69) is 0 Å². The van der Waals surface area contributed by atoms with Crippen LogP contribution in [0.3, 0.4) is 0 Å². The maximum atomic E-state index is 15.5. The summed E-state index contributed by atoms with van der Waals surface area (Å²) in [6, 6.07) is 12.0. The second-order valence-corrected chi connectivity index (χ2v) is 18.5. The van der Waals surface area contributed by atoms with Gasteiger partial charge in [-0.3, -0.25) is 43.2 Å². The third-order valence-corrected chi connectivity index (χ3v) is 12.0. The number of ketones is 1. The van der Waals surface area contributed by atoms with E-state index in [0.29, 0.717) is 44.9 Å². The summed E-state index contributed by atoms with van der Waals surface area (Å²) in [6.45, 7) is 12.1. The highest BCUT2D eigenvalue weighted by Crippen LogP contribution is 2.57. The first-order valence-corrected chi connectivity index (χ1v) is 26.3. The maximum Gasteiger partial charge on any atom is 0.357 e. The fraction of sp³-hybridized carbons (Fsp3) is 0.397. The second-order valence-electron chi connectivity index (χ2n) is 18.5. The van der Waals surface area contributed by atoms with Gasteiger partial charge in [-0.1, -0.05) is 48.5 Å². The number of fused-ring (bicyclic) bond motifs is 4. The molecule has 2 atom stereocenters. The lowest BCUT2D eigenvalue weighted by molar-refractivity contribution is -0.316. The normalized spacial score (nSPS) is 15.9. The Labute approximate surface area is 453 Å². The molecule has 418 valence electrons. The number of aliphatic hydroxyl groups is 1. The van der Waals surface area contributed by atoms with Crippen molar-refractivity contribution in [3.8, 4) is 68.8 Å². The number of rotatable bonds is 23. The number of ether oxygens (including phenoxy) is 10. The fourth-order valence-corrected chi connectivity index (χ4v) is 8.39. The third kappa shape index (κ3) is 12.6. The molecule has 4 aromatic carbocycles. The molecular weight excluding hydrogens is 1030 g/mol. The molecule has 3 heterocycles. The zero-order chi connectivity index (χ0) is 57.2. The minimum absolute atomic E-state index is 0.00939. The Morgan fingerprint density at radius 2 is 0.924 bits per heavy atom. The third-order valence-electron chi connectivity index (χ3n) is 12.0. The number of benzene rings is 4. The van der Waals surface area contributed by atoms with Crippen molar-refractivity contribution < 1.29 is 95.2 Å². The summed E-state index contributed by atoms with van der Waals surface area (Å²) in [4.78, 5) is 121. The zero-order valence-corrected chi connectivity index (χ0v) is 44.8. The van der Waals surface area contributed by atoms with Gasteiger partial charge in [-0.25, -0.2) is 0 Å². The Morgan fingerprint density at radius 3 is 1.48 bits per heavy atom. The smallest absolute Gasteiger partial charge is 0.357 e. The van der Waals surface area contributed by atoms with Crippen molar-refractivity contribution >= 4 is 58.5 Å². The lowest BCUT2D eigenvalue weighted by Gasteiger charge is -2.50. The van der Waals surface area contributed by atoms with E-state index in [1.54, 1.807) is 48.5 Å². The Balaban J connectivity index is 1.48. The Morgan fingerprint density at radius 1 is 0.456 bits per heavy atom. The van der Waals surface area contributed by atoms with Crippen molar-refractivity contribution in [3.63, 3.8) is 0 Å². The molecule has 0 bridgehead atoms. The van der Waals surface area contributed by atoms with Gasteiger partial charge in [0.2, 0.25) is 11.2 Å². The fourth-order valence-electron chi connectivity index (χ4n) is 8.39. The van der Waals surface area contributed by atoms with Crippen molar-refractivity contribution in [2.75, 3.05) is 0 Å². The van der Waals surface area contributed by atoms with Crippen LogP contribution in [0, 0.1) is 0 Å². The molecule has 79 heavy (non-hydrogen) atoms. The minimum Gasteiger partial charge on any atom is -0.452 e. The number of hydrogen-bond acceptors (Lipinski definition) is 21. The van der Waals surface area contributed by atoms with Crippen LogP contribution in [0.4, 0.5) is 0 Å². The summed E-state index contributed by atoms with van der Waals surface area (Å²) in [5.41, 5.74) is -2.24. The van der Waals surface area contributed by atoms with E-state index in [1.165, 1.54) is 36.4 Å². The first kappa shape index (κ1) is 58.1. The highest BCUT2D eigenvalue weighted by atomic mass is 16.8. The highest BCUT2D eigenvalue weighted by molar-refractivity contribution is 6.09. The van der Waals surface area contributed by atoms with Crippen LogP contribution in [0.2, 0.25) is 0 Å². The van der Waals surface area contributed by atoms with Crippen molar-refractivity contribution in [2.45, 2.75) is 150 Å². The molecule has 7 rings (SSSR count). The lowest BCUT2D eigenvalue weighted by atomic mass is 9.85. The molecule has 2 aliphatic rings. The molecule has 2 aliphatic heterocycles. The standard InChI is InChI=1S/C58H60O21/c1-8-15-44(59)69-34-28-40(73-48(63)19-12-5)51-41(29-34)75-54(55(53(51)66)76-50(65)21-14-7)32-22-24-37-39(26-32)77-57(68)56(67)52-42(74-49(64)20-13-6)30-35(70-45(60)16-9-2)31-43(52)79-58(57,78-37)33-23-25-36(71-46(61)17-10-3)38(27-33)72-47(62)18-11-4/h22-31,68H,8-21H2,1-7H3. The van der Waals surface area contributed by atoms with E-state index in [0.717, 1.165) is 24.3 Å². The Bertz CT molecular complexity index is 3280. The number of carbonyl (C=O) groups excluding carboxylic acids is 8. The SMILES string of the molecule is CCCC(=O)Oc1cc(OC(=O)CCC)c2c(c1)OC1(c3ccc(OC(=O)CCC)c(OC(=O)CCC)c3)Oc3ccc(-c4oc5cc(OC(=O)CCC)cc(OC(=O)CCC)c5c(=O)c4OC(=O)CCC)cc3OC1(O)C2=O. The van der Waals surface area contributed by atoms with Crippen LogP contribution in [-0.2, 0) is 39.3 Å². The quantitative estimate of drug-likeness (QED) is 0.0470. The largest absolute Gasteiger partial charge is 0.452 e. The number of carbonyl (C=O) groups is 8. The molecule has 0 spiro atoms. The van der Waals surface area contributed by atoms with Crippen molar-refractivity contribution in [2.24, 2.45) is 0 Å². The highest BCUT2D eigenvalue weighted by Gasteiger charge is 2.71. The topological polar surface area (TPSA) is 279 Å². The van der Waals surface area contributed by atoms with Crippen LogP contribution in [0.1, 0.15) is 154 Å². The molecule has 21 nitrogen and oxygen atoms in total. The van der Waals surface area contributed by atoms with Crippen LogP contribution in [-0.4, -0.2) is 58.5 Å². The van der Waals surface area contributed by atoms with Gasteiger partial charge < -0.3 is 56.9 Å². The molecule has 21 heteroatoms. The van der Waals surface area contributed by atoms with Gasteiger partial charge in [0.15, 0.2) is 28.8 Å². The number of Topliss-reactive ketones (excluding diaryl/α,β-unsaturated/α-hetero) is 1. The van der Waals surface area contributed by atoms with Crippen molar-refractivity contribution in [1.29, 1.82) is 0 Å². The van der Waals surface area contributed by atoms with Crippen molar-refractivity contribution in [1.82, 2.24) is 0 Å². The molecule has 0 saturated carbocycles. The van der Waals surface area contributed by atoms with Gasteiger partial charge >= 0.3 is 53.4 Å². The zero-order valence-electron chi connectivity index (χ0n) is 44.8. The Kier molecular flexibility index (Phi) is 18.6. The van der Waals surface area contributed by atoms with Gasteiger partial charge in [0.1, 0.15) is 45.3 Å². The van der Waals surface area contributed by atoms with Gasteiger partial charge in [0, 0.05) is 80.3 Å². The summed E-state index contributed by atoms with van der Waals surface area (Å²) in [7, 11) is 0. The van der Waals surface area contributed by atoms with E-state index in [4.69, 9.17) is 51.8 Å². The minimum atomic E-state index is -3.39. The van der Waals surface area contributed by atoms with Gasteiger partial charge in [-0.15, -0.1) is 0 Å². The molecule has 0 amide bonds. The maximum absolute atomic E-state index is 15.5. The van der Waals surface area contributed by atoms with E-state index in [1.807, 2.05) is 0 Å². The molecule has 1 N–H and O–H groups in total. The van der Waals surface area contributed by atoms with E-state index >= 15 is 4.79 Å². The molecule has 0 fully saturated rings. The molecular formula is C58H60O21. The first-order chi connectivity index (χ1) is 37.8. The second kappa shape index (κ2) is 25.3. The van der Waals surface area contributed by atoms with Gasteiger partial charge in [-0.05, 0) is 81.3 Å². The molecule has 0 saturated heterocycles. The monoisotopic (exact) mass is 1090 g/mol. The van der Waals surface area contributed by atoms with Crippen molar-refractivity contribution in [3.05, 3.63) is 82.0 Å². The van der Waals surface area contributed by atoms with Gasteiger partial charge in [0.05, 0.1) is 0 Å². The molecule has 2 unspecified atom stereocenters. The van der Waals surface area contributed by atoms with Crippen LogP contribution >= 0.6 is 0 Å². The summed E-state index contributed by atoms with van der Waals surface area (Å²) in [5, 5.41) is 12.9. The summed E-state index contributed by atoms with van der Waals surface area (Å²) in [6.07, 6.45) is 2.22. The average Bonchev–Trinajstić information content (AvgIpc) is 3.54.